The van der Waals surface area contributed by atoms with Gasteiger partial charge in [0, 0.05) is 12.7 Å². The molecule has 0 unspecified atom stereocenters. The molecule has 1 fully saturated rings. The van der Waals surface area contributed by atoms with E-state index in [4.69, 9.17) is 5.73 Å². The Bertz CT molecular complexity index is 357. The number of nitrogens with one attached hydrogen (secondary N) is 1. The van der Waals surface area contributed by atoms with Crippen molar-refractivity contribution in [2.75, 3.05) is 13.1 Å². The second-order valence-corrected chi connectivity index (χ2v) is 5.03. The number of nitrogens with two attached hydrogens (primary N) is 1. The molecule has 2 rings (SSSR count). The predicted octanol–water partition coefficient (Wildman–Crippen LogP) is 0.159. The molecule has 1 aromatic rings. The van der Waals surface area contributed by atoms with E-state index >= 15 is 0 Å². The molecule has 0 aromatic carbocycles. The van der Waals surface area contributed by atoms with Crippen LogP contribution in [0.3, 0.4) is 0 Å². The Hall–Kier alpha value is -1.43. The topological polar surface area (TPSA) is 85.8 Å². The molecule has 6 nitrogen and oxygen atoms in total. The minimum Gasteiger partial charge on any atom is -0.354 e. The molecule has 1 saturated carbocycles. The number of aromatic nitrogens is 3. The number of carbonyl (C=O) groups is 1. The minimum absolute atomic E-state index is 0.00134. The van der Waals surface area contributed by atoms with E-state index in [0.717, 1.165) is 13.1 Å². The molecule has 18 heavy (non-hydrogen) atoms. The fourth-order valence-corrected chi connectivity index (χ4v) is 2.45. The van der Waals surface area contributed by atoms with Gasteiger partial charge in [-0.25, -0.2) is 4.68 Å². The Morgan fingerprint density at radius 2 is 2.06 bits per heavy atom. The lowest BCUT2D eigenvalue weighted by Crippen LogP contribution is -2.34. The van der Waals surface area contributed by atoms with Crippen molar-refractivity contribution in [2.24, 2.45) is 17.6 Å². The van der Waals surface area contributed by atoms with Crippen LogP contribution in [0, 0.1) is 11.8 Å². The van der Waals surface area contributed by atoms with Crippen molar-refractivity contribution in [3.63, 3.8) is 0 Å². The molecule has 0 radical (unpaired) electrons. The molecule has 0 atom stereocenters. The molecule has 1 heterocycles. The van der Waals surface area contributed by atoms with Crippen molar-refractivity contribution in [3.05, 3.63) is 12.4 Å². The van der Waals surface area contributed by atoms with Gasteiger partial charge in [-0.05, 0) is 44.1 Å². The Morgan fingerprint density at radius 3 is 2.67 bits per heavy atom. The second kappa shape index (κ2) is 6.49. The summed E-state index contributed by atoms with van der Waals surface area (Å²) in [5, 5.41) is 10.4. The van der Waals surface area contributed by atoms with Gasteiger partial charge in [0.05, 0.1) is 6.20 Å². The van der Waals surface area contributed by atoms with Crippen molar-refractivity contribution in [2.45, 2.75) is 32.2 Å². The lowest BCUT2D eigenvalue weighted by atomic mass is 9.82. The molecule has 0 aliphatic heterocycles. The van der Waals surface area contributed by atoms with Crippen LogP contribution in [0.1, 0.15) is 25.7 Å². The van der Waals surface area contributed by atoms with Gasteiger partial charge in [0.2, 0.25) is 5.91 Å². The van der Waals surface area contributed by atoms with Gasteiger partial charge in [-0.2, -0.15) is 0 Å². The zero-order valence-electron chi connectivity index (χ0n) is 10.6. The number of hydrogen-bond donors (Lipinski definition) is 2. The van der Waals surface area contributed by atoms with Gasteiger partial charge in [0.1, 0.15) is 6.54 Å². The molecule has 100 valence electrons. The summed E-state index contributed by atoms with van der Waals surface area (Å²) in [6.07, 6.45) is 7.99. The summed E-state index contributed by atoms with van der Waals surface area (Å²) in [7, 11) is 0. The van der Waals surface area contributed by atoms with Gasteiger partial charge in [-0.15, -0.1) is 5.10 Å². The third-order valence-electron chi connectivity index (χ3n) is 3.67. The van der Waals surface area contributed by atoms with Gasteiger partial charge in [-0.1, -0.05) is 5.21 Å². The fraction of sp³-hybridized carbons (Fsp3) is 0.750. The quantitative estimate of drug-likeness (QED) is 0.780. The van der Waals surface area contributed by atoms with Crippen molar-refractivity contribution in [1.82, 2.24) is 20.3 Å². The van der Waals surface area contributed by atoms with Crippen LogP contribution >= 0.6 is 0 Å². The molecule has 1 amide bonds. The third-order valence-corrected chi connectivity index (χ3v) is 3.67. The number of nitrogens with zero attached hydrogens (tertiary/aromatic N) is 3. The van der Waals surface area contributed by atoms with E-state index in [-0.39, 0.29) is 12.5 Å². The van der Waals surface area contributed by atoms with Crippen LogP contribution in [0.5, 0.6) is 0 Å². The Labute approximate surface area is 107 Å². The largest absolute Gasteiger partial charge is 0.354 e. The molecule has 0 saturated heterocycles. The van der Waals surface area contributed by atoms with E-state index in [1.807, 2.05) is 0 Å². The van der Waals surface area contributed by atoms with E-state index in [9.17, 15) is 4.79 Å². The zero-order chi connectivity index (χ0) is 12.8. The van der Waals surface area contributed by atoms with E-state index in [2.05, 4.69) is 15.6 Å². The summed E-state index contributed by atoms with van der Waals surface area (Å²) in [5.41, 5.74) is 5.66. The van der Waals surface area contributed by atoms with Crippen LogP contribution in [0.25, 0.3) is 0 Å². The highest BCUT2D eigenvalue weighted by molar-refractivity contribution is 5.75. The van der Waals surface area contributed by atoms with Gasteiger partial charge in [0.15, 0.2) is 0 Å². The van der Waals surface area contributed by atoms with Crippen molar-refractivity contribution in [3.8, 4) is 0 Å². The molecule has 0 bridgehead atoms. The maximum atomic E-state index is 11.7. The van der Waals surface area contributed by atoms with Gasteiger partial charge < -0.3 is 11.1 Å². The first kappa shape index (κ1) is 13.0. The first-order valence-corrected chi connectivity index (χ1v) is 6.58. The summed E-state index contributed by atoms with van der Waals surface area (Å²) in [4.78, 5) is 11.7. The lowest BCUT2D eigenvalue weighted by Gasteiger charge is -2.27. The van der Waals surface area contributed by atoms with E-state index in [0.29, 0.717) is 11.8 Å². The number of hydrogen-bond acceptors (Lipinski definition) is 4. The summed E-state index contributed by atoms with van der Waals surface area (Å²) in [6.45, 7) is 1.81. The molecule has 6 heteroatoms. The van der Waals surface area contributed by atoms with Crippen LogP contribution in [0.15, 0.2) is 12.4 Å². The minimum atomic E-state index is 0.00134. The van der Waals surface area contributed by atoms with E-state index < -0.39 is 0 Å². The molecule has 1 aromatic heterocycles. The third kappa shape index (κ3) is 3.80. The summed E-state index contributed by atoms with van der Waals surface area (Å²) < 4.78 is 1.53. The average Bonchev–Trinajstić information content (AvgIpc) is 2.90. The summed E-state index contributed by atoms with van der Waals surface area (Å²) >= 11 is 0. The molecule has 1 aliphatic rings. The fourth-order valence-electron chi connectivity index (χ4n) is 2.45. The van der Waals surface area contributed by atoms with Gasteiger partial charge in [0.25, 0.3) is 0 Å². The number of carbonyl (C=O) groups excluding carboxylic acids is 1. The normalized spacial score (nSPS) is 23.8. The first-order chi connectivity index (χ1) is 8.78. The van der Waals surface area contributed by atoms with Crippen molar-refractivity contribution >= 4 is 5.91 Å². The van der Waals surface area contributed by atoms with Gasteiger partial charge in [-0.3, -0.25) is 4.79 Å². The average molecular weight is 251 g/mol. The Balaban J connectivity index is 1.64. The maximum absolute atomic E-state index is 11.7. The number of rotatable bonds is 5. The molecule has 0 spiro atoms. The molecular weight excluding hydrogens is 230 g/mol. The highest BCUT2D eigenvalue weighted by atomic mass is 16.2. The molecular formula is C12H21N5O. The molecule has 1 aliphatic carbocycles. The monoisotopic (exact) mass is 251 g/mol. The first-order valence-electron chi connectivity index (χ1n) is 6.58. The van der Waals surface area contributed by atoms with E-state index in [1.165, 1.54) is 30.4 Å². The van der Waals surface area contributed by atoms with Crippen LogP contribution < -0.4 is 11.1 Å². The Kier molecular flexibility index (Phi) is 4.69. The summed E-state index contributed by atoms with van der Waals surface area (Å²) in [6, 6.07) is 0. The SMILES string of the molecule is NCC1CCC(CNC(=O)Cn2ccnn2)CC1. The standard InChI is InChI=1S/C12H21N5O/c13-7-10-1-3-11(4-2-10)8-14-12(18)9-17-6-5-15-16-17/h5-6,10-11H,1-4,7-9,13H2,(H,14,18). The maximum Gasteiger partial charge on any atom is 0.241 e. The highest BCUT2D eigenvalue weighted by Gasteiger charge is 2.20. The molecule has 3 N–H and O–H groups in total. The second-order valence-electron chi connectivity index (χ2n) is 5.03. The van der Waals surface area contributed by atoms with Crippen LogP contribution in [0.2, 0.25) is 0 Å². The zero-order valence-corrected chi connectivity index (χ0v) is 10.6. The van der Waals surface area contributed by atoms with Crippen molar-refractivity contribution < 1.29 is 4.79 Å². The lowest BCUT2D eigenvalue weighted by molar-refractivity contribution is -0.122. The van der Waals surface area contributed by atoms with E-state index in [1.54, 1.807) is 12.4 Å². The number of amides is 1. The van der Waals surface area contributed by atoms with Gasteiger partial charge >= 0.3 is 0 Å². The van der Waals surface area contributed by atoms with Crippen LogP contribution in [-0.2, 0) is 11.3 Å². The Morgan fingerprint density at radius 1 is 1.33 bits per heavy atom. The van der Waals surface area contributed by atoms with Crippen LogP contribution in [-0.4, -0.2) is 34.0 Å². The van der Waals surface area contributed by atoms with Crippen LogP contribution in [0.4, 0.5) is 0 Å². The summed E-state index contributed by atoms with van der Waals surface area (Å²) in [5.74, 6) is 1.29. The smallest absolute Gasteiger partial charge is 0.241 e. The van der Waals surface area contributed by atoms with Crippen molar-refractivity contribution in [1.29, 1.82) is 0 Å². The predicted molar refractivity (Wildman–Crippen MR) is 67.5 cm³/mol. The highest BCUT2D eigenvalue weighted by Crippen LogP contribution is 2.27.